The van der Waals surface area contributed by atoms with Crippen molar-refractivity contribution in [3.8, 4) is 5.75 Å². The summed E-state index contributed by atoms with van der Waals surface area (Å²) in [6.07, 6.45) is 1.11. The largest absolute Gasteiger partial charge is 0.497 e. The number of nitrogens with zero attached hydrogens (tertiary/aromatic N) is 2. The maximum atomic E-state index is 5.97. The van der Waals surface area contributed by atoms with Crippen molar-refractivity contribution >= 4 is 35.6 Å². The van der Waals surface area contributed by atoms with E-state index in [1.165, 1.54) is 11.1 Å². The Morgan fingerprint density at radius 3 is 2.80 bits per heavy atom. The van der Waals surface area contributed by atoms with Gasteiger partial charge in [-0.05, 0) is 29.7 Å². The molecule has 3 rings (SSSR count). The molecule has 3 N–H and O–H groups in total. The van der Waals surface area contributed by atoms with Crippen molar-refractivity contribution in [2.75, 3.05) is 32.1 Å². The van der Waals surface area contributed by atoms with Gasteiger partial charge in [0.2, 0.25) is 0 Å². The van der Waals surface area contributed by atoms with Crippen molar-refractivity contribution in [3.63, 3.8) is 0 Å². The molecule has 0 bridgehead atoms. The number of halogens is 1. The van der Waals surface area contributed by atoms with E-state index in [1.807, 2.05) is 24.3 Å². The van der Waals surface area contributed by atoms with Gasteiger partial charge in [0.05, 0.1) is 13.7 Å². The Balaban J connectivity index is 0.00000225. The van der Waals surface area contributed by atoms with E-state index in [1.54, 1.807) is 7.11 Å². The number of ether oxygens (including phenoxy) is 1. The minimum Gasteiger partial charge on any atom is -0.497 e. The number of rotatable bonds is 5. The molecule has 0 amide bonds. The minimum absolute atomic E-state index is 0. The molecule has 2 aromatic rings. The van der Waals surface area contributed by atoms with Crippen LogP contribution in [0.5, 0.6) is 5.75 Å². The standard InChI is InChI=1S/C19H24N4O.HI/c1-24-18-8-4-7-17(13-18)22-19(20)21-10-12-23-11-9-15-5-2-3-6-16(15)14-23;/h2-8,13H,9-12,14H2,1H3,(H3,20,21,22);1H. The van der Waals surface area contributed by atoms with Gasteiger partial charge in [-0.1, -0.05) is 30.3 Å². The summed E-state index contributed by atoms with van der Waals surface area (Å²) in [7, 11) is 1.65. The molecule has 25 heavy (non-hydrogen) atoms. The Morgan fingerprint density at radius 2 is 2.00 bits per heavy atom. The number of hydrogen-bond donors (Lipinski definition) is 2. The topological polar surface area (TPSA) is 62.9 Å². The van der Waals surface area contributed by atoms with Crippen molar-refractivity contribution in [2.24, 2.45) is 10.7 Å². The molecule has 1 aliphatic rings. The zero-order valence-corrected chi connectivity index (χ0v) is 16.8. The number of methoxy groups -OCH3 is 1. The Hall–Kier alpha value is -1.80. The number of anilines is 1. The molecule has 0 saturated carbocycles. The summed E-state index contributed by atoms with van der Waals surface area (Å²) < 4.78 is 5.20. The van der Waals surface area contributed by atoms with Crippen LogP contribution >= 0.6 is 24.0 Å². The Bertz CT molecular complexity index is 720. The highest BCUT2D eigenvalue weighted by Gasteiger charge is 2.14. The van der Waals surface area contributed by atoms with Gasteiger partial charge in [-0.2, -0.15) is 0 Å². The summed E-state index contributed by atoms with van der Waals surface area (Å²) in [5.41, 5.74) is 9.74. The lowest BCUT2D eigenvalue weighted by molar-refractivity contribution is 0.262. The van der Waals surface area contributed by atoms with E-state index in [9.17, 15) is 0 Å². The molecule has 0 radical (unpaired) electrons. The highest BCUT2D eigenvalue weighted by molar-refractivity contribution is 14.0. The lowest BCUT2D eigenvalue weighted by Gasteiger charge is -2.28. The Morgan fingerprint density at radius 1 is 1.20 bits per heavy atom. The van der Waals surface area contributed by atoms with Gasteiger partial charge in [0.1, 0.15) is 5.75 Å². The van der Waals surface area contributed by atoms with Crippen LogP contribution in [0.3, 0.4) is 0 Å². The highest BCUT2D eigenvalue weighted by atomic mass is 127. The predicted molar refractivity (Wildman–Crippen MR) is 114 cm³/mol. The van der Waals surface area contributed by atoms with Gasteiger partial charge >= 0.3 is 0 Å². The quantitative estimate of drug-likeness (QED) is 0.416. The molecule has 6 heteroatoms. The minimum atomic E-state index is 0. The van der Waals surface area contributed by atoms with Gasteiger partial charge in [-0.25, -0.2) is 0 Å². The van der Waals surface area contributed by atoms with Crippen molar-refractivity contribution in [3.05, 3.63) is 59.7 Å². The summed E-state index contributed by atoms with van der Waals surface area (Å²) in [5.74, 6) is 1.22. The van der Waals surface area contributed by atoms with Gasteiger partial charge in [0.25, 0.3) is 0 Å². The van der Waals surface area contributed by atoms with Crippen molar-refractivity contribution in [1.82, 2.24) is 4.90 Å². The maximum absolute atomic E-state index is 5.97. The molecule has 1 heterocycles. The van der Waals surface area contributed by atoms with Crippen LogP contribution in [0.15, 0.2) is 53.5 Å². The van der Waals surface area contributed by atoms with Crippen LogP contribution < -0.4 is 15.8 Å². The third kappa shape index (κ3) is 5.61. The average molecular weight is 452 g/mol. The van der Waals surface area contributed by atoms with E-state index in [4.69, 9.17) is 10.5 Å². The first-order valence-electron chi connectivity index (χ1n) is 8.25. The predicted octanol–water partition coefficient (Wildman–Crippen LogP) is 3.10. The van der Waals surface area contributed by atoms with Crippen molar-refractivity contribution < 1.29 is 4.74 Å². The van der Waals surface area contributed by atoms with Crippen molar-refractivity contribution in [2.45, 2.75) is 13.0 Å². The Kier molecular flexibility index (Phi) is 7.52. The summed E-state index contributed by atoms with van der Waals surface area (Å²) >= 11 is 0. The molecule has 0 unspecified atom stereocenters. The van der Waals surface area contributed by atoms with Crippen LogP contribution in [-0.4, -0.2) is 37.6 Å². The second kappa shape index (κ2) is 9.62. The highest BCUT2D eigenvalue weighted by Crippen LogP contribution is 2.18. The van der Waals surface area contributed by atoms with Gasteiger partial charge in [0.15, 0.2) is 5.96 Å². The van der Waals surface area contributed by atoms with Crippen LogP contribution in [0.4, 0.5) is 5.69 Å². The third-order valence-corrected chi connectivity index (χ3v) is 4.25. The van der Waals surface area contributed by atoms with Gasteiger partial charge in [-0.15, -0.1) is 24.0 Å². The number of nitrogens with two attached hydrogens (primary N) is 1. The third-order valence-electron chi connectivity index (χ3n) is 4.25. The molecule has 134 valence electrons. The number of guanidine groups is 1. The lowest BCUT2D eigenvalue weighted by Crippen LogP contribution is -2.33. The van der Waals surface area contributed by atoms with Crippen LogP contribution in [-0.2, 0) is 13.0 Å². The summed E-state index contributed by atoms with van der Waals surface area (Å²) in [4.78, 5) is 6.85. The van der Waals surface area contributed by atoms with Gasteiger partial charge in [0, 0.05) is 31.4 Å². The number of benzene rings is 2. The lowest BCUT2D eigenvalue weighted by atomic mass is 10.0. The smallest absolute Gasteiger partial charge is 0.193 e. The van der Waals surface area contributed by atoms with Gasteiger partial charge in [-0.3, -0.25) is 9.89 Å². The summed E-state index contributed by atoms with van der Waals surface area (Å²) in [5, 5.41) is 3.10. The zero-order chi connectivity index (χ0) is 16.8. The molecule has 0 atom stereocenters. The molecule has 0 aromatic heterocycles. The fourth-order valence-corrected chi connectivity index (χ4v) is 2.95. The van der Waals surface area contributed by atoms with Gasteiger partial charge < -0.3 is 15.8 Å². The molecular formula is C19H25IN4O. The fraction of sp³-hybridized carbons (Fsp3) is 0.316. The second-order valence-corrected chi connectivity index (χ2v) is 5.92. The second-order valence-electron chi connectivity index (χ2n) is 5.92. The fourth-order valence-electron chi connectivity index (χ4n) is 2.95. The number of fused-ring (bicyclic) bond motifs is 1. The van der Waals surface area contributed by atoms with Crippen LogP contribution in [0, 0.1) is 0 Å². The first-order valence-corrected chi connectivity index (χ1v) is 8.25. The molecule has 0 fully saturated rings. The number of nitrogens with one attached hydrogen (secondary N) is 1. The number of hydrogen-bond acceptors (Lipinski definition) is 3. The van der Waals surface area contributed by atoms with Crippen LogP contribution in [0.25, 0.3) is 0 Å². The van der Waals surface area contributed by atoms with E-state index < -0.39 is 0 Å². The number of aliphatic imine (C=N–C) groups is 1. The van der Waals surface area contributed by atoms with Crippen LogP contribution in [0.1, 0.15) is 11.1 Å². The normalized spacial score (nSPS) is 14.4. The van der Waals surface area contributed by atoms with E-state index in [0.29, 0.717) is 12.5 Å². The molecule has 0 aliphatic carbocycles. The van der Waals surface area contributed by atoms with E-state index >= 15 is 0 Å². The first kappa shape index (κ1) is 19.5. The molecule has 1 aliphatic heterocycles. The van der Waals surface area contributed by atoms with Crippen molar-refractivity contribution in [1.29, 1.82) is 0 Å². The monoisotopic (exact) mass is 452 g/mol. The molecule has 0 spiro atoms. The summed E-state index contributed by atoms with van der Waals surface area (Å²) in [6.45, 7) is 3.67. The maximum Gasteiger partial charge on any atom is 0.193 e. The molecule has 0 saturated heterocycles. The average Bonchev–Trinajstić information content (AvgIpc) is 2.62. The van der Waals surface area contributed by atoms with E-state index in [2.05, 4.69) is 39.5 Å². The Labute approximate surface area is 166 Å². The van der Waals surface area contributed by atoms with Crippen LogP contribution in [0.2, 0.25) is 0 Å². The first-order chi connectivity index (χ1) is 11.7. The van der Waals surface area contributed by atoms with E-state index in [0.717, 1.165) is 37.5 Å². The molecule has 2 aromatic carbocycles. The molecule has 5 nitrogen and oxygen atoms in total. The SMILES string of the molecule is COc1cccc(NC(N)=NCCN2CCc3ccccc3C2)c1.I. The molecular weight excluding hydrogens is 427 g/mol. The summed E-state index contributed by atoms with van der Waals surface area (Å²) in [6, 6.07) is 16.3. The zero-order valence-electron chi connectivity index (χ0n) is 14.4. The van der Waals surface area contributed by atoms with E-state index in [-0.39, 0.29) is 24.0 Å².